The van der Waals surface area contributed by atoms with Crippen molar-refractivity contribution in [3.05, 3.63) is 39.7 Å². The zero-order valence-electron chi connectivity index (χ0n) is 10.5. The minimum absolute atomic E-state index is 0.156. The van der Waals surface area contributed by atoms with Gasteiger partial charge in [-0.3, -0.25) is 4.72 Å². The predicted octanol–water partition coefficient (Wildman–Crippen LogP) is 2.81. The first kappa shape index (κ1) is 15.3. The van der Waals surface area contributed by atoms with Gasteiger partial charge in [-0.05, 0) is 40.2 Å². The van der Waals surface area contributed by atoms with Gasteiger partial charge in [-0.15, -0.1) is 11.3 Å². The normalized spacial score (nSPS) is 11.3. The van der Waals surface area contributed by atoms with E-state index in [2.05, 4.69) is 20.7 Å². The molecule has 0 fully saturated rings. The molecule has 5 nitrogen and oxygen atoms in total. The third kappa shape index (κ3) is 3.32. The average molecular weight is 378 g/mol. The van der Waals surface area contributed by atoms with E-state index >= 15 is 0 Å². The molecule has 108 valence electrons. The first-order chi connectivity index (χ1) is 9.46. The number of anilines is 1. The minimum Gasteiger partial charge on any atom is -0.495 e. The van der Waals surface area contributed by atoms with Crippen molar-refractivity contribution in [2.45, 2.75) is 10.8 Å². The van der Waals surface area contributed by atoms with Gasteiger partial charge in [0.15, 0.2) is 0 Å². The molecule has 0 aliphatic carbocycles. The van der Waals surface area contributed by atoms with E-state index < -0.39 is 10.0 Å². The molecule has 1 aromatic carbocycles. The van der Waals surface area contributed by atoms with Crippen molar-refractivity contribution in [1.29, 1.82) is 0 Å². The van der Waals surface area contributed by atoms with Crippen LogP contribution in [-0.4, -0.2) is 20.6 Å². The lowest BCUT2D eigenvalue weighted by Crippen LogP contribution is -2.11. The molecule has 0 saturated carbocycles. The van der Waals surface area contributed by atoms with E-state index in [0.29, 0.717) is 16.3 Å². The van der Waals surface area contributed by atoms with Gasteiger partial charge in [0.25, 0.3) is 10.0 Å². The number of halogens is 1. The fourth-order valence-corrected chi connectivity index (χ4v) is 4.19. The van der Waals surface area contributed by atoms with Crippen LogP contribution < -0.4 is 9.46 Å². The Morgan fingerprint density at radius 2 is 2.10 bits per heavy atom. The van der Waals surface area contributed by atoms with E-state index in [1.807, 2.05) is 0 Å². The van der Waals surface area contributed by atoms with Crippen LogP contribution in [0.25, 0.3) is 0 Å². The molecular weight excluding hydrogens is 366 g/mol. The van der Waals surface area contributed by atoms with E-state index in [1.54, 1.807) is 24.3 Å². The maximum atomic E-state index is 12.2. The highest BCUT2D eigenvalue weighted by molar-refractivity contribution is 9.10. The van der Waals surface area contributed by atoms with Crippen LogP contribution in [0.4, 0.5) is 5.69 Å². The number of aliphatic hydroxyl groups is 1. The highest BCUT2D eigenvalue weighted by Crippen LogP contribution is 2.30. The van der Waals surface area contributed by atoms with Crippen molar-refractivity contribution in [3.63, 3.8) is 0 Å². The first-order valence-electron chi connectivity index (χ1n) is 5.52. The molecule has 1 aromatic heterocycles. The van der Waals surface area contributed by atoms with Gasteiger partial charge in [0, 0.05) is 10.9 Å². The molecule has 0 atom stereocenters. The van der Waals surface area contributed by atoms with E-state index in [1.165, 1.54) is 13.2 Å². The van der Waals surface area contributed by atoms with Crippen molar-refractivity contribution in [2.24, 2.45) is 0 Å². The van der Waals surface area contributed by atoms with Crippen LogP contribution in [0.3, 0.4) is 0 Å². The molecule has 0 unspecified atom stereocenters. The standard InChI is InChI=1S/C12H12BrNO4S2/c1-18-11-6-8(2-4-10(11)13)14-20(16,17)12-5-3-9(7-15)19-12/h2-6,14-15H,7H2,1H3. The number of ether oxygens (including phenoxy) is 1. The molecule has 1 heterocycles. The summed E-state index contributed by atoms with van der Waals surface area (Å²) in [5, 5.41) is 8.98. The third-order valence-corrected chi connectivity index (χ3v) is 6.06. The van der Waals surface area contributed by atoms with Gasteiger partial charge in [0.2, 0.25) is 0 Å². The van der Waals surface area contributed by atoms with Crippen LogP contribution in [0.2, 0.25) is 0 Å². The lowest BCUT2D eigenvalue weighted by Gasteiger charge is -2.09. The summed E-state index contributed by atoms with van der Waals surface area (Å²) in [6, 6.07) is 7.97. The quantitative estimate of drug-likeness (QED) is 0.839. The highest BCUT2D eigenvalue weighted by atomic mass is 79.9. The van der Waals surface area contributed by atoms with Crippen LogP contribution in [-0.2, 0) is 16.6 Å². The number of hydrogen-bond donors (Lipinski definition) is 2. The zero-order valence-corrected chi connectivity index (χ0v) is 13.7. The lowest BCUT2D eigenvalue weighted by atomic mass is 10.3. The number of hydrogen-bond acceptors (Lipinski definition) is 5. The number of nitrogens with one attached hydrogen (secondary N) is 1. The number of thiophene rings is 1. The van der Waals surface area contributed by atoms with Crippen molar-refractivity contribution in [2.75, 3.05) is 11.8 Å². The second-order valence-electron chi connectivity index (χ2n) is 3.83. The van der Waals surface area contributed by atoms with Crippen LogP contribution in [0.1, 0.15) is 4.88 Å². The summed E-state index contributed by atoms with van der Waals surface area (Å²) in [5.41, 5.74) is 0.406. The topological polar surface area (TPSA) is 75.6 Å². The van der Waals surface area contributed by atoms with Crippen LogP contribution in [0.15, 0.2) is 39.0 Å². The smallest absolute Gasteiger partial charge is 0.271 e. The molecule has 2 aromatic rings. The van der Waals surface area contributed by atoms with E-state index in [4.69, 9.17) is 9.84 Å². The summed E-state index contributed by atoms with van der Waals surface area (Å²) < 4.78 is 32.8. The molecule has 0 aliphatic rings. The fraction of sp³-hybridized carbons (Fsp3) is 0.167. The maximum Gasteiger partial charge on any atom is 0.271 e. The molecule has 8 heteroatoms. The van der Waals surface area contributed by atoms with E-state index in [-0.39, 0.29) is 10.8 Å². The number of methoxy groups -OCH3 is 1. The Morgan fingerprint density at radius 3 is 2.70 bits per heavy atom. The molecule has 20 heavy (non-hydrogen) atoms. The van der Waals surface area contributed by atoms with Gasteiger partial charge in [-0.1, -0.05) is 0 Å². The molecule has 0 bridgehead atoms. The summed E-state index contributed by atoms with van der Waals surface area (Å²) in [4.78, 5) is 0.596. The van der Waals surface area contributed by atoms with Crippen molar-refractivity contribution in [1.82, 2.24) is 0 Å². The summed E-state index contributed by atoms with van der Waals surface area (Å²) >= 11 is 4.33. The number of benzene rings is 1. The maximum absolute atomic E-state index is 12.2. The van der Waals surface area contributed by atoms with Crippen LogP contribution in [0, 0.1) is 0 Å². The van der Waals surface area contributed by atoms with Crippen LogP contribution in [0.5, 0.6) is 5.75 Å². The van der Waals surface area contributed by atoms with Crippen molar-refractivity contribution >= 4 is 43.0 Å². The molecule has 0 aliphatic heterocycles. The second kappa shape index (κ2) is 6.13. The summed E-state index contributed by atoms with van der Waals surface area (Å²) in [6.45, 7) is -0.174. The molecule has 0 amide bonds. The molecule has 0 saturated heterocycles. The molecule has 2 N–H and O–H groups in total. The van der Waals surface area contributed by atoms with Gasteiger partial charge in [0.1, 0.15) is 9.96 Å². The average Bonchev–Trinajstić information content (AvgIpc) is 2.90. The number of aliphatic hydroxyl groups excluding tert-OH is 1. The monoisotopic (exact) mass is 377 g/mol. The Hall–Kier alpha value is -1.09. The van der Waals surface area contributed by atoms with Gasteiger partial charge >= 0.3 is 0 Å². The Bertz CT molecular complexity index is 712. The lowest BCUT2D eigenvalue weighted by molar-refractivity contribution is 0.285. The summed E-state index contributed by atoms with van der Waals surface area (Å²) in [7, 11) is -2.15. The third-order valence-electron chi connectivity index (χ3n) is 2.46. The summed E-state index contributed by atoms with van der Waals surface area (Å²) in [5.74, 6) is 0.535. The Morgan fingerprint density at radius 1 is 1.35 bits per heavy atom. The van der Waals surface area contributed by atoms with Crippen molar-refractivity contribution in [3.8, 4) is 5.75 Å². The van der Waals surface area contributed by atoms with Gasteiger partial charge < -0.3 is 9.84 Å². The first-order valence-corrected chi connectivity index (χ1v) is 8.61. The SMILES string of the molecule is COc1cc(NS(=O)(=O)c2ccc(CO)s2)ccc1Br. The number of sulfonamides is 1. The molecular formula is C12H12BrNO4S2. The Labute approximate surface area is 129 Å². The molecule has 0 spiro atoms. The molecule has 2 rings (SSSR count). The van der Waals surface area contributed by atoms with E-state index in [0.717, 1.165) is 15.8 Å². The van der Waals surface area contributed by atoms with Crippen molar-refractivity contribution < 1.29 is 18.3 Å². The largest absolute Gasteiger partial charge is 0.495 e. The number of rotatable bonds is 5. The zero-order chi connectivity index (χ0) is 14.8. The van der Waals surface area contributed by atoms with Gasteiger partial charge in [-0.2, -0.15) is 0 Å². The minimum atomic E-state index is -3.65. The second-order valence-corrected chi connectivity index (χ2v) is 7.77. The highest BCUT2D eigenvalue weighted by Gasteiger charge is 2.17. The summed E-state index contributed by atoms with van der Waals surface area (Å²) in [6.07, 6.45) is 0. The fourth-order valence-electron chi connectivity index (χ4n) is 1.52. The predicted molar refractivity (Wildman–Crippen MR) is 81.7 cm³/mol. The van der Waals surface area contributed by atoms with Gasteiger partial charge in [0.05, 0.1) is 23.9 Å². The molecule has 0 radical (unpaired) electrons. The Balaban J connectivity index is 2.28. The Kier molecular flexibility index (Phi) is 4.69. The van der Waals surface area contributed by atoms with Gasteiger partial charge in [-0.25, -0.2) is 8.42 Å². The van der Waals surface area contributed by atoms with E-state index in [9.17, 15) is 8.42 Å². The van der Waals surface area contributed by atoms with Crippen LogP contribution >= 0.6 is 27.3 Å².